The van der Waals surface area contributed by atoms with Crippen molar-refractivity contribution in [1.82, 2.24) is 14.2 Å². The second kappa shape index (κ2) is 7.75. The fourth-order valence-electron chi connectivity index (χ4n) is 3.18. The zero-order valence-corrected chi connectivity index (χ0v) is 17.0. The molecule has 9 heteroatoms. The average molecular weight is 422 g/mol. The summed E-state index contributed by atoms with van der Waals surface area (Å²) in [5, 5.41) is 2.85. The molecule has 0 unspecified atom stereocenters. The van der Waals surface area contributed by atoms with Gasteiger partial charge in [-0.3, -0.25) is 4.90 Å². The maximum Gasteiger partial charge on any atom is 0.243 e. The minimum atomic E-state index is -3.67. The van der Waals surface area contributed by atoms with E-state index in [-0.39, 0.29) is 4.90 Å². The molecule has 1 saturated heterocycles. The molecule has 0 spiro atoms. The number of furan rings is 1. The Labute approximate surface area is 167 Å². The quantitative estimate of drug-likeness (QED) is 0.632. The standard InChI is InChI=1S/C19H20FN3O3S2/c1-14-5-6-18(26-14)19-21-16(13-27-19)12-22-7-9-23(10-8-22)28(24,25)17-4-2-3-15(20)11-17/h2-6,11,13H,7-10,12H2,1H3. The van der Waals surface area contributed by atoms with Crippen LogP contribution in [0.3, 0.4) is 0 Å². The molecule has 1 aliphatic heterocycles. The predicted molar refractivity (Wildman–Crippen MR) is 105 cm³/mol. The Morgan fingerprint density at radius 3 is 2.64 bits per heavy atom. The van der Waals surface area contributed by atoms with Crippen LogP contribution in [0, 0.1) is 12.7 Å². The van der Waals surface area contributed by atoms with E-state index in [1.165, 1.54) is 33.8 Å². The first-order valence-electron chi connectivity index (χ1n) is 8.91. The first-order valence-corrected chi connectivity index (χ1v) is 11.2. The van der Waals surface area contributed by atoms with Crippen molar-refractivity contribution in [3.8, 4) is 10.8 Å². The summed E-state index contributed by atoms with van der Waals surface area (Å²) in [5.74, 6) is 1.06. The van der Waals surface area contributed by atoms with E-state index < -0.39 is 15.8 Å². The molecular weight excluding hydrogens is 401 g/mol. The SMILES string of the molecule is Cc1ccc(-c2nc(CN3CCN(S(=O)(=O)c4cccc(F)c4)CC3)cs2)o1. The van der Waals surface area contributed by atoms with Gasteiger partial charge in [-0.15, -0.1) is 11.3 Å². The third kappa shape index (κ3) is 4.02. The predicted octanol–water partition coefficient (Wildman–Crippen LogP) is 3.36. The molecule has 28 heavy (non-hydrogen) atoms. The van der Waals surface area contributed by atoms with E-state index in [0.717, 1.165) is 28.3 Å². The van der Waals surface area contributed by atoms with Gasteiger partial charge in [-0.05, 0) is 37.3 Å². The van der Waals surface area contributed by atoms with Crippen molar-refractivity contribution in [1.29, 1.82) is 0 Å². The number of nitrogens with zero attached hydrogens (tertiary/aromatic N) is 3. The molecule has 2 aromatic heterocycles. The van der Waals surface area contributed by atoms with Gasteiger partial charge in [-0.1, -0.05) is 6.07 Å². The molecule has 3 aromatic rings. The number of thiazole rings is 1. The van der Waals surface area contributed by atoms with Crippen LogP contribution < -0.4 is 0 Å². The lowest BCUT2D eigenvalue weighted by Gasteiger charge is -2.33. The van der Waals surface area contributed by atoms with E-state index in [0.29, 0.717) is 32.7 Å². The van der Waals surface area contributed by atoms with Crippen LogP contribution in [0.25, 0.3) is 10.8 Å². The summed E-state index contributed by atoms with van der Waals surface area (Å²) in [6.45, 7) is 4.49. The Morgan fingerprint density at radius 2 is 1.96 bits per heavy atom. The first-order chi connectivity index (χ1) is 13.4. The lowest BCUT2D eigenvalue weighted by molar-refractivity contribution is 0.180. The normalized spacial score (nSPS) is 16.5. The third-order valence-electron chi connectivity index (χ3n) is 4.65. The Morgan fingerprint density at radius 1 is 1.18 bits per heavy atom. The van der Waals surface area contributed by atoms with Gasteiger partial charge in [-0.25, -0.2) is 17.8 Å². The number of benzene rings is 1. The summed E-state index contributed by atoms with van der Waals surface area (Å²) in [6, 6.07) is 8.97. The minimum absolute atomic E-state index is 0.00108. The van der Waals surface area contributed by atoms with E-state index in [1.54, 1.807) is 0 Å². The monoisotopic (exact) mass is 421 g/mol. The van der Waals surface area contributed by atoms with Gasteiger partial charge in [0.1, 0.15) is 11.6 Å². The van der Waals surface area contributed by atoms with Gasteiger partial charge in [0.2, 0.25) is 10.0 Å². The number of aryl methyl sites for hydroxylation is 1. The fourth-order valence-corrected chi connectivity index (χ4v) is 5.40. The molecular formula is C19H20FN3O3S2. The molecule has 4 rings (SSSR count). The molecule has 0 atom stereocenters. The molecule has 0 aliphatic carbocycles. The maximum absolute atomic E-state index is 13.4. The summed E-state index contributed by atoms with van der Waals surface area (Å²) < 4.78 is 45.8. The number of piperazine rings is 1. The average Bonchev–Trinajstić information content (AvgIpc) is 3.31. The molecule has 3 heterocycles. The molecule has 1 aromatic carbocycles. The van der Waals surface area contributed by atoms with Crippen molar-refractivity contribution >= 4 is 21.4 Å². The van der Waals surface area contributed by atoms with Crippen molar-refractivity contribution in [3.63, 3.8) is 0 Å². The Bertz CT molecular complexity index is 1070. The van der Waals surface area contributed by atoms with Crippen LogP contribution in [-0.4, -0.2) is 48.8 Å². The smallest absolute Gasteiger partial charge is 0.243 e. The minimum Gasteiger partial charge on any atom is -0.459 e. The number of rotatable bonds is 5. The number of aromatic nitrogens is 1. The van der Waals surface area contributed by atoms with Crippen LogP contribution >= 0.6 is 11.3 Å². The Hall–Kier alpha value is -2.07. The lowest BCUT2D eigenvalue weighted by Crippen LogP contribution is -2.48. The van der Waals surface area contributed by atoms with Gasteiger partial charge in [0, 0.05) is 38.1 Å². The molecule has 0 radical (unpaired) electrons. The van der Waals surface area contributed by atoms with Gasteiger partial charge in [0.15, 0.2) is 10.8 Å². The third-order valence-corrected chi connectivity index (χ3v) is 7.45. The lowest BCUT2D eigenvalue weighted by atomic mass is 10.3. The second-order valence-corrected chi connectivity index (χ2v) is 9.49. The van der Waals surface area contributed by atoms with Crippen LogP contribution in [0.4, 0.5) is 4.39 Å². The number of sulfonamides is 1. The Kier molecular flexibility index (Phi) is 5.33. The molecule has 0 N–H and O–H groups in total. The fraction of sp³-hybridized carbons (Fsp3) is 0.316. The second-order valence-electron chi connectivity index (χ2n) is 6.69. The summed E-state index contributed by atoms with van der Waals surface area (Å²) in [6.07, 6.45) is 0. The van der Waals surface area contributed by atoms with E-state index in [1.807, 2.05) is 24.4 Å². The number of halogens is 1. The van der Waals surface area contributed by atoms with Crippen molar-refractivity contribution in [3.05, 3.63) is 59.0 Å². The van der Waals surface area contributed by atoms with Crippen LogP contribution in [0.5, 0.6) is 0 Å². The van der Waals surface area contributed by atoms with Crippen molar-refractivity contribution in [2.24, 2.45) is 0 Å². The van der Waals surface area contributed by atoms with Crippen molar-refractivity contribution in [2.75, 3.05) is 26.2 Å². The van der Waals surface area contributed by atoms with Crippen LogP contribution in [0.2, 0.25) is 0 Å². The van der Waals surface area contributed by atoms with Crippen molar-refractivity contribution < 1.29 is 17.2 Å². The molecule has 148 valence electrons. The largest absolute Gasteiger partial charge is 0.459 e. The van der Waals surface area contributed by atoms with Gasteiger partial charge >= 0.3 is 0 Å². The topological polar surface area (TPSA) is 66.7 Å². The van der Waals surface area contributed by atoms with E-state index in [2.05, 4.69) is 9.88 Å². The van der Waals surface area contributed by atoms with E-state index in [4.69, 9.17) is 4.42 Å². The van der Waals surface area contributed by atoms with Gasteiger partial charge < -0.3 is 4.42 Å². The van der Waals surface area contributed by atoms with Crippen LogP contribution in [0.1, 0.15) is 11.5 Å². The number of hydrogen-bond donors (Lipinski definition) is 0. The summed E-state index contributed by atoms with van der Waals surface area (Å²) in [5.41, 5.74) is 0.940. The highest BCUT2D eigenvalue weighted by molar-refractivity contribution is 7.89. The Balaban J connectivity index is 1.37. The molecule has 0 amide bonds. The zero-order valence-electron chi connectivity index (χ0n) is 15.3. The van der Waals surface area contributed by atoms with Crippen molar-refractivity contribution in [2.45, 2.75) is 18.4 Å². The maximum atomic E-state index is 13.4. The van der Waals surface area contributed by atoms with Crippen LogP contribution in [-0.2, 0) is 16.6 Å². The molecule has 6 nitrogen and oxygen atoms in total. The highest BCUT2D eigenvalue weighted by Crippen LogP contribution is 2.26. The highest BCUT2D eigenvalue weighted by atomic mass is 32.2. The van der Waals surface area contributed by atoms with Gasteiger partial charge in [0.05, 0.1) is 10.6 Å². The number of hydrogen-bond acceptors (Lipinski definition) is 6. The van der Waals surface area contributed by atoms with E-state index >= 15 is 0 Å². The van der Waals surface area contributed by atoms with Gasteiger partial charge in [-0.2, -0.15) is 4.31 Å². The van der Waals surface area contributed by atoms with E-state index in [9.17, 15) is 12.8 Å². The van der Waals surface area contributed by atoms with Gasteiger partial charge in [0.25, 0.3) is 0 Å². The molecule has 0 saturated carbocycles. The summed E-state index contributed by atoms with van der Waals surface area (Å²) in [7, 11) is -3.67. The first kappa shape index (κ1) is 19.3. The molecule has 1 fully saturated rings. The zero-order chi connectivity index (χ0) is 19.7. The highest BCUT2D eigenvalue weighted by Gasteiger charge is 2.29. The summed E-state index contributed by atoms with van der Waals surface area (Å²) >= 11 is 1.53. The van der Waals surface area contributed by atoms with Crippen LogP contribution in [0.15, 0.2) is 51.1 Å². The molecule has 0 bridgehead atoms. The molecule has 1 aliphatic rings. The summed E-state index contributed by atoms with van der Waals surface area (Å²) in [4.78, 5) is 6.79.